The van der Waals surface area contributed by atoms with Gasteiger partial charge in [0.25, 0.3) is 0 Å². The van der Waals surface area contributed by atoms with E-state index in [-0.39, 0.29) is 5.78 Å². The molecule has 1 aromatic carbocycles. The number of hydrogen-bond donors (Lipinski definition) is 0. The maximum absolute atomic E-state index is 11.4. The van der Waals surface area contributed by atoms with Gasteiger partial charge in [0.1, 0.15) is 5.78 Å². The van der Waals surface area contributed by atoms with Gasteiger partial charge in [-0.2, -0.15) is 0 Å². The summed E-state index contributed by atoms with van der Waals surface area (Å²) in [4.78, 5) is 11.4. The number of carbonyl (C=O) groups is 1. The summed E-state index contributed by atoms with van der Waals surface area (Å²) in [5.74, 6) is 1.87. The Hall–Kier alpha value is -1.71. The average Bonchev–Trinajstić information content (AvgIpc) is 2.37. The maximum Gasteiger partial charge on any atom is 0.203 e. The van der Waals surface area contributed by atoms with Crippen LogP contribution in [0.4, 0.5) is 0 Å². The Balaban J connectivity index is 3.13. The standard InChI is InChI=1S/C13H18O4/c1-5-10(14)6-9-7-11(15-2)13(17-4)12(8-9)16-3/h7-8H,5-6H2,1-4H3. The molecule has 0 spiro atoms. The second kappa shape index (κ2) is 6.13. The SMILES string of the molecule is CCC(=O)Cc1cc(OC)c(OC)c(OC)c1. The molecule has 0 radical (unpaired) electrons. The van der Waals surface area contributed by atoms with Crippen LogP contribution in [0.15, 0.2) is 12.1 Å². The Kier molecular flexibility index (Phi) is 4.82. The molecule has 4 nitrogen and oxygen atoms in total. The van der Waals surface area contributed by atoms with E-state index in [9.17, 15) is 4.79 Å². The van der Waals surface area contributed by atoms with Crippen molar-refractivity contribution in [2.24, 2.45) is 0 Å². The van der Waals surface area contributed by atoms with E-state index in [1.54, 1.807) is 33.5 Å². The first kappa shape index (κ1) is 13.4. The molecule has 0 atom stereocenters. The van der Waals surface area contributed by atoms with Crippen molar-refractivity contribution < 1.29 is 19.0 Å². The van der Waals surface area contributed by atoms with Gasteiger partial charge in [0, 0.05) is 12.8 Å². The summed E-state index contributed by atoms with van der Waals surface area (Å²) >= 11 is 0. The lowest BCUT2D eigenvalue weighted by Gasteiger charge is -2.13. The zero-order chi connectivity index (χ0) is 12.8. The average molecular weight is 238 g/mol. The highest BCUT2D eigenvalue weighted by molar-refractivity contribution is 5.81. The van der Waals surface area contributed by atoms with Crippen molar-refractivity contribution in [3.8, 4) is 17.2 Å². The molecule has 0 aliphatic heterocycles. The minimum absolute atomic E-state index is 0.180. The van der Waals surface area contributed by atoms with Crippen LogP contribution >= 0.6 is 0 Å². The van der Waals surface area contributed by atoms with Crippen molar-refractivity contribution in [1.29, 1.82) is 0 Å². The molecule has 1 rings (SSSR count). The van der Waals surface area contributed by atoms with Gasteiger partial charge in [-0.25, -0.2) is 0 Å². The van der Waals surface area contributed by atoms with Gasteiger partial charge in [-0.05, 0) is 17.7 Å². The second-order valence-electron chi connectivity index (χ2n) is 3.60. The summed E-state index contributed by atoms with van der Waals surface area (Å²) in [7, 11) is 4.67. The molecule has 0 heterocycles. The molecule has 0 unspecified atom stereocenters. The summed E-state index contributed by atoms with van der Waals surface area (Å²) < 4.78 is 15.6. The fourth-order valence-electron chi connectivity index (χ4n) is 1.59. The van der Waals surface area contributed by atoms with Crippen LogP contribution < -0.4 is 14.2 Å². The highest BCUT2D eigenvalue weighted by atomic mass is 16.5. The van der Waals surface area contributed by atoms with Crippen molar-refractivity contribution >= 4 is 5.78 Å². The Labute approximate surface area is 101 Å². The van der Waals surface area contributed by atoms with Gasteiger partial charge in [-0.1, -0.05) is 6.92 Å². The van der Waals surface area contributed by atoms with E-state index in [1.807, 2.05) is 6.92 Å². The smallest absolute Gasteiger partial charge is 0.203 e. The van der Waals surface area contributed by atoms with E-state index >= 15 is 0 Å². The highest BCUT2D eigenvalue weighted by Gasteiger charge is 2.14. The minimum Gasteiger partial charge on any atom is -0.493 e. The van der Waals surface area contributed by atoms with Gasteiger partial charge in [0.05, 0.1) is 21.3 Å². The number of ketones is 1. The fraction of sp³-hybridized carbons (Fsp3) is 0.462. The molecule has 4 heteroatoms. The summed E-state index contributed by atoms with van der Waals surface area (Å²) in [6.45, 7) is 1.85. The predicted molar refractivity (Wildman–Crippen MR) is 65.1 cm³/mol. The van der Waals surface area contributed by atoms with Crippen molar-refractivity contribution in [2.75, 3.05) is 21.3 Å². The number of rotatable bonds is 6. The van der Waals surface area contributed by atoms with Crippen LogP contribution in [0.2, 0.25) is 0 Å². The number of carbonyl (C=O) groups excluding carboxylic acids is 1. The molecule has 0 amide bonds. The van der Waals surface area contributed by atoms with Crippen molar-refractivity contribution in [3.63, 3.8) is 0 Å². The number of methoxy groups -OCH3 is 3. The zero-order valence-electron chi connectivity index (χ0n) is 10.7. The summed E-state index contributed by atoms with van der Waals surface area (Å²) in [5.41, 5.74) is 0.867. The molecule has 0 N–H and O–H groups in total. The van der Waals surface area contributed by atoms with Crippen LogP contribution in [-0.2, 0) is 11.2 Å². The van der Waals surface area contributed by atoms with Crippen LogP contribution in [0.1, 0.15) is 18.9 Å². The molecular formula is C13H18O4. The Morgan fingerprint density at radius 3 is 1.94 bits per heavy atom. The van der Waals surface area contributed by atoms with E-state index in [2.05, 4.69) is 0 Å². The molecule has 0 saturated heterocycles. The Morgan fingerprint density at radius 1 is 1.06 bits per heavy atom. The Bertz CT molecular complexity index is 373. The van der Waals surface area contributed by atoms with Gasteiger partial charge in [0.15, 0.2) is 11.5 Å². The molecule has 0 fully saturated rings. The van der Waals surface area contributed by atoms with Crippen molar-refractivity contribution in [2.45, 2.75) is 19.8 Å². The zero-order valence-corrected chi connectivity index (χ0v) is 10.7. The van der Waals surface area contributed by atoms with Crippen LogP contribution in [0.5, 0.6) is 17.2 Å². The lowest BCUT2D eigenvalue weighted by Crippen LogP contribution is -2.02. The largest absolute Gasteiger partial charge is 0.493 e. The molecule has 0 aromatic heterocycles. The fourth-order valence-corrected chi connectivity index (χ4v) is 1.59. The van der Waals surface area contributed by atoms with E-state index in [1.165, 1.54) is 0 Å². The third kappa shape index (κ3) is 3.12. The van der Waals surface area contributed by atoms with Gasteiger partial charge in [-0.15, -0.1) is 0 Å². The summed E-state index contributed by atoms with van der Waals surface area (Å²) in [6, 6.07) is 3.60. The molecule has 1 aromatic rings. The highest BCUT2D eigenvalue weighted by Crippen LogP contribution is 2.38. The summed E-state index contributed by atoms with van der Waals surface area (Å²) in [6.07, 6.45) is 0.907. The van der Waals surface area contributed by atoms with Crippen LogP contribution in [0.3, 0.4) is 0 Å². The third-order valence-corrected chi connectivity index (χ3v) is 2.52. The van der Waals surface area contributed by atoms with Crippen LogP contribution in [0.25, 0.3) is 0 Å². The number of ether oxygens (including phenoxy) is 3. The topological polar surface area (TPSA) is 44.8 Å². The van der Waals surface area contributed by atoms with E-state index in [0.29, 0.717) is 30.1 Å². The quantitative estimate of drug-likeness (QED) is 0.762. The third-order valence-electron chi connectivity index (χ3n) is 2.52. The number of benzene rings is 1. The second-order valence-corrected chi connectivity index (χ2v) is 3.60. The molecule has 94 valence electrons. The first-order valence-corrected chi connectivity index (χ1v) is 5.46. The van der Waals surface area contributed by atoms with Gasteiger partial charge < -0.3 is 14.2 Å². The van der Waals surface area contributed by atoms with E-state index in [0.717, 1.165) is 5.56 Å². The van der Waals surface area contributed by atoms with Crippen molar-refractivity contribution in [1.82, 2.24) is 0 Å². The molecule has 0 aliphatic carbocycles. The molecule has 0 bridgehead atoms. The van der Waals surface area contributed by atoms with E-state index in [4.69, 9.17) is 14.2 Å². The normalized spacial score (nSPS) is 9.88. The van der Waals surface area contributed by atoms with E-state index < -0.39 is 0 Å². The first-order chi connectivity index (χ1) is 8.15. The molecular weight excluding hydrogens is 220 g/mol. The number of hydrogen-bond acceptors (Lipinski definition) is 4. The number of Topliss-reactive ketones (excluding diaryl/α,β-unsaturated/α-hetero) is 1. The first-order valence-electron chi connectivity index (χ1n) is 5.46. The Morgan fingerprint density at radius 2 is 1.59 bits per heavy atom. The predicted octanol–water partition coefficient (Wildman–Crippen LogP) is 2.23. The van der Waals surface area contributed by atoms with Crippen LogP contribution in [-0.4, -0.2) is 27.1 Å². The monoisotopic (exact) mass is 238 g/mol. The minimum atomic E-state index is 0.180. The summed E-state index contributed by atoms with van der Waals surface area (Å²) in [5, 5.41) is 0. The lowest BCUT2D eigenvalue weighted by atomic mass is 10.1. The van der Waals surface area contributed by atoms with Crippen LogP contribution in [0, 0.1) is 0 Å². The maximum atomic E-state index is 11.4. The van der Waals surface area contributed by atoms with Gasteiger partial charge >= 0.3 is 0 Å². The molecule has 0 aliphatic rings. The molecule has 0 saturated carbocycles. The lowest BCUT2D eigenvalue weighted by molar-refractivity contribution is -0.118. The van der Waals surface area contributed by atoms with Gasteiger partial charge in [-0.3, -0.25) is 4.79 Å². The van der Waals surface area contributed by atoms with Crippen molar-refractivity contribution in [3.05, 3.63) is 17.7 Å². The molecule has 17 heavy (non-hydrogen) atoms. The van der Waals surface area contributed by atoms with Gasteiger partial charge in [0.2, 0.25) is 5.75 Å².